The Bertz CT molecular complexity index is 909. The highest BCUT2D eigenvalue weighted by Crippen LogP contribution is 2.39. The first-order chi connectivity index (χ1) is 13.6. The summed E-state index contributed by atoms with van der Waals surface area (Å²) in [5.74, 6) is -1.20. The Morgan fingerprint density at radius 1 is 1.10 bits per heavy atom. The lowest BCUT2D eigenvalue weighted by molar-refractivity contribution is -0.216. The second kappa shape index (κ2) is 8.58. The summed E-state index contributed by atoms with van der Waals surface area (Å²) in [6, 6.07) is 8.70. The van der Waals surface area contributed by atoms with E-state index in [0.29, 0.717) is 11.3 Å². The summed E-state index contributed by atoms with van der Waals surface area (Å²) in [4.78, 5) is 0.339. The molecule has 3 rings (SSSR count). The van der Waals surface area contributed by atoms with Crippen LogP contribution in [0.15, 0.2) is 70.7 Å². The van der Waals surface area contributed by atoms with Gasteiger partial charge in [-0.2, -0.15) is 0 Å². The van der Waals surface area contributed by atoms with Crippen molar-refractivity contribution in [3.63, 3.8) is 0 Å². The summed E-state index contributed by atoms with van der Waals surface area (Å²) < 4.78 is 39.8. The summed E-state index contributed by atoms with van der Waals surface area (Å²) in [6.45, 7) is 12.4. The van der Waals surface area contributed by atoms with Gasteiger partial charge in [0.2, 0.25) is 0 Å². The lowest BCUT2D eigenvalue weighted by Crippen LogP contribution is -2.41. The standard InChI is InChI=1S/C24H32O4S/c1-17-10-9-11-18(2)15-22(29(25,26)20-12-7-6-8-13-20)23-19(3)16-27-24(4,5)28-21(23)14-17/h6-8,11-14,21-23H,3,9-10,15-16H2,1-2,4-5H3/b17-14+,18-11+/t21-,22?,23+/m1/s1. The second-order valence-electron chi connectivity index (χ2n) is 8.66. The summed E-state index contributed by atoms with van der Waals surface area (Å²) in [6.07, 6.45) is 6.10. The first kappa shape index (κ1) is 22.0. The van der Waals surface area contributed by atoms with Crippen LogP contribution in [0.2, 0.25) is 0 Å². The van der Waals surface area contributed by atoms with Crippen molar-refractivity contribution < 1.29 is 17.9 Å². The van der Waals surface area contributed by atoms with Crippen LogP contribution in [0.1, 0.15) is 47.0 Å². The largest absolute Gasteiger partial charge is 0.346 e. The minimum Gasteiger partial charge on any atom is -0.346 e. The molecule has 3 atom stereocenters. The Labute approximate surface area is 175 Å². The number of hydrogen-bond donors (Lipinski definition) is 0. The fraction of sp³-hybridized carbons (Fsp3) is 0.500. The molecule has 0 aromatic heterocycles. The molecule has 0 N–H and O–H groups in total. The predicted octanol–water partition coefficient (Wildman–Crippen LogP) is 5.23. The number of sulfone groups is 1. The van der Waals surface area contributed by atoms with E-state index < -0.39 is 32.9 Å². The van der Waals surface area contributed by atoms with E-state index in [9.17, 15) is 8.42 Å². The zero-order valence-electron chi connectivity index (χ0n) is 17.9. The second-order valence-corrected chi connectivity index (χ2v) is 10.8. The van der Waals surface area contributed by atoms with Gasteiger partial charge >= 0.3 is 0 Å². The van der Waals surface area contributed by atoms with Crippen molar-refractivity contribution in [2.45, 2.75) is 69.0 Å². The molecule has 1 aromatic rings. The molecule has 0 saturated carbocycles. The van der Waals surface area contributed by atoms with Crippen LogP contribution in [0.25, 0.3) is 0 Å². The monoisotopic (exact) mass is 416 g/mol. The molecule has 0 radical (unpaired) electrons. The highest BCUT2D eigenvalue weighted by Gasteiger charge is 2.44. The molecule has 158 valence electrons. The molecule has 1 saturated heterocycles. The molecule has 1 aliphatic heterocycles. The highest BCUT2D eigenvalue weighted by atomic mass is 32.2. The van der Waals surface area contributed by atoms with Gasteiger partial charge in [0, 0.05) is 5.92 Å². The predicted molar refractivity (Wildman–Crippen MR) is 116 cm³/mol. The first-order valence-electron chi connectivity index (χ1n) is 10.2. The highest BCUT2D eigenvalue weighted by molar-refractivity contribution is 7.92. The number of hydrogen-bond acceptors (Lipinski definition) is 4. The topological polar surface area (TPSA) is 52.6 Å². The molecular formula is C24H32O4S. The molecule has 1 unspecified atom stereocenters. The van der Waals surface area contributed by atoms with E-state index in [1.165, 1.54) is 5.57 Å². The molecule has 2 aliphatic rings. The third kappa shape index (κ3) is 5.08. The minimum atomic E-state index is -3.60. The average molecular weight is 417 g/mol. The molecule has 29 heavy (non-hydrogen) atoms. The summed E-state index contributed by atoms with van der Waals surface area (Å²) in [5, 5.41) is -0.668. The number of fused-ring (bicyclic) bond motifs is 1. The molecule has 1 heterocycles. The van der Waals surface area contributed by atoms with E-state index >= 15 is 0 Å². The maximum Gasteiger partial charge on any atom is 0.182 e. The van der Waals surface area contributed by atoms with Crippen molar-refractivity contribution in [3.05, 3.63) is 65.8 Å². The smallest absolute Gasteiger partial charge is 0.182 e. The van der Waals surface area contributed by atoms with Gasteiger partial charge in [-0.3, -0.25) is 0 Å². The van der Waals surface area contributed by atoms with E-state index in [1.807, 2.05) is 26.8 Å². The van der Waals surface area contributed by atoms with Crippen LogP contribution in [0.3, 0.4) is 0 Å². The molecule has 1 fully saturated rings. The van der Waals surface area contributed by atoms with Gasteiger partial charge in [0.25, 0.3) is 0 Å². The van der Waals surface area contributed by atoms with Gasteiger partial charge in [-0.05, 0) is 64.7 Å². The van der Waals surface area contributed by atoms with Crippen LogP contribution < -0.4 is 0 Å². The van der Waals surface area contributed by atoms with Crippen LogP contribution >= 0.6 is 0 Å². The Kier molecular flexibility index (Phi) is 6.51. The third-order valence-electron chi connectivity index (χ3n) is 5.72. The van der Waals surface area contributed by atoms with Crippen molar-refractivity contribution in [2.24, 2.45) is 5.92 Å². The maximum atomic E-state index is 13.8. The van der Waals surface area contributed by atoms with Gasteiger partial charge in [-0.25, -0.2) is 8.42 Å². The molecule has 1 aliphatic carbocycles. The Balaban J connectivity index is 2.17. The number of benzene rings is 1. The zero-order chi connectivity index (χ0) is 21.2. The fourth-order valence-corrected chi connectivity index (χ4v) is 6.27. The van der Waals surface area contributed by atoms with Gasteiger partial charge in [0.05, 0.1) is 22.9 Å². The summed E-state index contributed by atoms with van der Waals surface area (Å²) >= 11 is 0. The van der Waals surface area contributed by atoms with Gasteiger partial charge in [0.15, 0.2) is 15.6 Å². The number of ether oxygens (including phenoxy) is 2. The quantitative estimate of drug-likeness (QED) is 0.620. The molecule has 5 heteroatoms. The van der Waals surface area contributed by atoms with Gasteiger partial charge in [-0.1, -0.05) is 48.1 Å². The van der Waals surface area contributed by atoms with Crippen molar-refractivity contribution in [1.82, 2.24) is 0 Å². The van der Waals surface area contributed by atoms with Crippen molar-refractivity contribution in [2.75, 3.05) is 6.61 Å². The van der Waals surface area contributed by atoms with Crippen LogP contribution in [0, 0.1) is 5.92 Å². The molecule has 0 spiro atoms. The third-order valence-corrected chi connectivity index (χ3v) is 7.91. The first-order valence-corrected chi connectivity index (χ1v) is 11.8. The lowest BCUT2D eigenvalue weighted by Gasteiger charge is -2.34. The van der Waals surface area contributed by atoms with E-state index in [0.717, 1.165) is 24.0 Å². The van der Waals surface area contributed by atoms with Gasteiger partial charge < -0.3 is 9.47 Å². The SMILES string of the molecule is C=C1COC(C)(C)O[C@@H]2/C=C(\C)CC/C=C(\C)CC(S(=O)(=O)c3ccccc3)[C@@H]12. The van der Waals surface area contributed by atoms with Crippen molar-refractivity contribution in [1.29, 1.82) is 0 Å². The molecule has 0 bridgehead atoms. The van der Waals surface area contributed by atoms with E-state index in [2.05, 4.69) is 25.7 Å². The van der Waals surface area contributed by atoms with E-state index in [4.69, 9.17) is 9.47 Å². The molecule has 1 aromatic carbocycles. The van der Waals surface area contributed by atoms with Crippen molar-refractivity contribution in [3.8, 4) is 0 Å². The molecule has 4 nitrogen and oxygen atoms in total. The molecular weight excluding hydrogens is 384 g/mol. The molecule has 0 amide bonds. The lowest BCUT2D eigenvalue weighted by atomic mass is 9.85. The van der Waals surface area contributed by atoms with E-state index in [1.54, 1.807) is 24.3 Å². The summed E-state index contributed by atoms with van der Waals surface area (Å²) in [5.41, 5.74) is 3.04. The fourth-order valence-electron chi connectivity index (χ4n) is 4.17. The van der Waals surface area contributed by atoms with Gasteiger partial charge in [0.1, 0.15) is 0 Å². The normalized spacial score (nSPS) is 32.1. The summed E-state index contributed by atoms with van der Waals surface area (Å²) in [7, 11) is -3.60. The van der Waals surface area contributed by atoms with Crippen molar-refractivity contribution >= 4 is 9.84 Å². The Morgan fingerprint density at radius 2 is 1.79 bits per heavy atom. The van der Waals surface area contributed by atoms with E-state index in [-0.39, 0.29) is 6.61 Å². The number of rotatable bonds is 2. The Hall–Kier alpha value is -1.69. The van der Waals surface area contributed by atoms with Crippen LogP contribution in [0.5, 0.6) is 0 Å². The van der Waals surface area contributed by atoms with Gasteiger partial charge in [-0.15, -0.1) is 0 Å². The van der Waals surface area contributed by atoms with Crippen LogP contribution in [-0.2, 0) is 19.3 Å². The average Bonchev–Trinajstić information content (AvgIpc) is 2.76. The zero-order valence-corrected chi connectivity index (χ0v) is 18.7. The minimum absolute atomic E-state index is 0.282. The number of allylic oxidation sites excluding steroid dienone is 3. The van der Waals surface area contributed by atoms with Crippen LogP contribution in [0.4, 0.5) is 0 Å². The van der Waals surface area contributed by atoms with Crippen LogP contribution in [-0.4, -0.2) is 32.2 Å². The Morgan fingerprint density at radius 3 is 2.48 bits per heavy atom. The maximum absolute atomic E-state index is 13.8.